The van der Waals surface area contributed by atoms with E-state index in [9.17, 15) is 14.4 Å². The summed E-state index contributed by atoms with van der Waals surface area (Å²) in [4.78, 5) is 40.2. The van der Waals surface area contributed by atoms with Gasteiger partial charge in [-0.15, -0.1) is 0 Å². The standard InChI is InChI=1S/C15H20N2O3/c18-11(16-5-1-2-6-16)8-17-14(19)12-9-3-4-10(7-9)13(12)15(17)20/h9-10,12-13H,1-8H2/t9-,10-,12+,13+/m0/s1. The molecule has 2 heterocycles. The van der Waals surface area contributed by atoms with Crippen LogP contribution in [0, 0.1) is 23.7 Å². The highest BCUT2D eigenvalue weighted by Crippen LogP contribution is 2.56. The SMILES string of the molecule is O=C(CN1C(=O)[C@@H]2[C@H]3CC[C@@H](C3)[C@H]2C1=O)N1CCCC1. The Morgan fingerprint density at radius 3 is 2.10 bits per heavy atom. The first-order chi connectivity index (χ1) is 9.66. The van der Waals surface area contributed by atoms with Gasteiger partial charge in [0, 0.05) is 13.1 Å². The molecule has 0 radical (unpaired) electrons. The number of amides is 3. The van der Waals surface area contributed by atoms with Gasteiger partial charge >= 0.3 is 0 Å². The van der Waals surface area contributed by atoms with Crippen molar-refractivity contribution in [3.8, 4) is 0 Å². The van der Waals surface area contributed by atoms with Crippen molar-refractivity contribution < 1.29 is 14.4 Å². The highest BCUT2D eigenvalue weighted by molar-refractivity contribution is 6.08. The molecule has 0 aromatic heterocycles. The lowest BCUT2D eigenvalue weighted by molar-refractivity contribution is -0.146. The van der Waals surface area contributed by atoms with Crippen LogP contribution in [0.2, 0.25) is 0 Å². The Morgan fingerprint density at radius 2 is 1.55 bits per heavy atom. The third-order valence-electron chi connectivity index (χ3n) is 5.77. The normalized spacial score (nSPS) is 39.0. The molecule has 2 saturated carbocycles. The van der Waals surface area contributed by atoms with Crippen LogP contribution in [-0.2, 0) is 14.4 Å². The number of carbonyl (C=O) groups is 3. The molecule has 5 heteroatoms. The van der Waals surface area contributed by atoms with Crippen molar-refractivity contribution in [2.24, 2.45) is 23.7 Å². The van der Waals surface area contributed by atoms with Crippen molar-refractivity contribution in [2.75, 3.05) is 19.6 Å². The number of hydrogen-bond donors (Lipinski definition) is 0. The summed E-state index contributed by atoms with van der Waals surface area (Å²) >= 11 is 0. The quantitative estimate of drug-likeness (QED) is 0.695. The predicted molar refractivity (Wildman–Crippen MR) is 70.3 cm³/mol. The number of imide groups is 1. The second-order valence-corrected chi connectivity index (χ2v) is 6.74. The monoisotopic (exact) mass is 276 g/mol. The summed E-state index contributed by atoms with van der Waals surface area (Å²) in [7, 11) is 0. The average molecular weight is 276 g/mol. The molecular weight excluding hydrogens is 256 g/mol. The molecule has 2 bridgehead atoms. The number of likely N-dealkylation sites (tertiary alicyclic amines) is 2. The van der Waals surface area contributed by atoms with Crippen molar-refractivity contribution in [3.05, 3.63) is 0 Å². The molecule has 0 spiro atoms. The van der Waals surface area contributed by atoms with E-state index >= 15 is 0 Å². The summed E-state index contributed by atoms with van der Waals surface area (Å²) in [5.74, 6) is 0.387. The molecule has 0 N–H and O–H groups in total. The molecule has 2 saturated heterocycles. The predicted octanol–water partition coefficient (Wildman–Crippen LogP) is 0.640. The van der Waals surface area contributed by atoms with Gasteiger partial charge in [-0.1, -0.05) is 0 Å². The minimum atomic E-state index is -0.104. The van der Waals surface area contributed by atoms with Crippen molar-refractivity contribution in [2.45, 2.75) is 32.1 Å². The first-order valence-electron chi connectivity index (χ1n) is 7.80. The zero-order valence-corrected chi connectivity index (χ0v) is 11.6. The summed E-state index contributed by atoms with van der Waals surface area (Å²) in [5.41, 5.74) is 0. The van der Waals surface area contributed by atoms with E-state index < -0.39 is 0 Å². The Labute approximate surface area is 118 Å². The molecule has 20 heavy (non-hydrogen) atoms. The summed E-state index contributed by atoms with van der Waals surface area (Å²) in [6, 6.07) is 0. The largest absolute Gasteiger partial charge is 0.341 e. The minimum Gasteiger partial charge on any atom is -0.341 e. The summed E-state index contributed by atoms with van der Waals surface area (Å²) < 4.78 is 0. The Morgan fingerprint density at radius 1 is 1.00 bits per heavy atom. The van der Waals surface area contributed by atoms with Crippen LogP contribution in [0.1, 0.15) is 32.1 Å². The summed E-state index contributed by atoms with van der Waals surface area (Å²) in [5, 5.41) is 0. The first-order valence-corrected chi connectivity index (χ1v) is 7.80. The Hall–Kier alpha value is -1.39. The van der Waals surface area contributed by atoms with Crippen LogP contribution in [0.4, 0.5) is 0 Å². The summed E-state index contributed by atoms with van der Waals surface area (Å²) in [6.07, 6.45) is 5.27. The second-order valence-electron chi connectivity index (χ2n) is 6.74. The van der Waals surface area contributed by atoms with Gasteiger partial charge in [-0.2, -0.15) is 0 Å². The zero-order chi connectivity index (χ0) is 13.9. The van der Waals surface area contributed by atoms with E-state index in [0.29, 0.717) is 11.8 Å². The van der Waals surface area contributed by atoms with E-state index in [1.807, 2.05) is 0 Å². The lowest BCUT2D eigenvalue weighted by atomic mass is 9.81. The topological polar surface area (TPSA) is 57.7 Å². The Balaban J connectivity index is 1.50. The minimum absolute atomic E-state index is 0.0237. The van der Waals surface area contributed by atoms with Crippen LogP contribution in [0.5, 0.6) is 0 Å². The van der Waals surface area contributed by atoms with E-state index in [2.05, 4.69) is 0 Å². The fourth-order valence-electron chi connectivity index (χ4n) is 4.83. The molecule has 0 aromatic carbocycles. The fourth-order valence-corrected chi connectivity index (χ4v) is 4.83. The number of carbonyl (C=O) groups excluding carboxylic acids is 3. The van der Waals surface area contributed by atoms with Crippen LogP contribution in [0.15, 0.2) is 0 Å². The number of fused-ring (bicyclic) bond motifs is 5. The lowest BCUT2D eigenvalue weighted by Crippen LogP contribution is -2.42. The molecule has 4 rings (SSSR count). The van der Waals surface area contributed by atoms with Gasteiger partial charge in [0.2, 0.25) is 17.7 Å². The molecule has 4 fully saturated rings. The van der Waals surface area contributed by atoms with Gasteiger partial charge in [0.15, 0.2) is 0 Å². The van der Waals surface area contributed by atoms with Gasteiger partial charge in [-0.05, 0) is 43.9 Å². The van der Waals surface area contributed by atoms with E-state index in [-0.39, 0.29) is 36.1 Å². The molecule has 3 amide bonds. The number of hydrogen-bond acceptors (Lipinski definition) is 3. The molecule has 4 aliphatic rings. The van der Waals surface area contributed by atoms with Gasteiger partial charge in [-0.25, -0.2) is 0 Å². The second kappa shape index (κ2) is 4.30. The van der Waals surface area contributed by atoms with Crippen molar-refractivity contribution in [3.63, 3.8) is 0 Å². The maximum atomic E-state index is 12.5. The number of rotatable bonds is 2. The molecule has 108 valence electrons. The van der Waals surface area contributed by atoms with Gasteiger partial charge < -0.3 is 4.90 Å². The smallest absolute Gasteiger partial charge is 0.242 e. The Bertz CT molecular complexity index is 456. The zero-order valence-electron chi connectivity index (χ0n) is 11.6. The van der Waals surface area contributed by atoms with Gasteiger partial charge in [0.1, 0.15) is 6.54 Å². The molecule has 0 aromatic rings. The van der Waals surface area contributed by atoms with E-state index in [0.717, 1.165) is 45.2 Å². The van der Waals surface area contributed by atoms with E-state index in [1.54, 1.807) is 4.90 Å². The highest BCUT2D eigenvalue weighted by Gasteiger charge is 2.61. The fraction of sp³-hybridized carbons (Fsp3) is 0.800. The molecule has 0 unspecified atom stereocenters. The van der Waals surface area contributed by atoms with Gasteiger partial charge in [0.05, 0.1) is 11.8 Å². The van der Waals surface area contributed by atoms with Crippen LogP contribution in [-0.4, -0.2) is 47.2 Å². The third kappa shape index (κ3) is 1.58. The van der Waals surface area contributed by atoms with Crippen molar-refractivity contribution >= 4 is 17.7 Å². The Kier molecular flexibility index (Phi) is 2.66. The third-order valence-corrected chi connectivity index (χ3v) is 5.77. The maximum absolute atomic E-state index is 12.5. The lowest BCUT2D eigenvalue weighted by Gasteiger charge is -2.21. The van der Waals surface area contributed by atoms with Gasteiger partial charge in [-0.3, -0.25) is 19.3 Å². The maximum Gasteiger partial charge on any atom is 0.242 e. The van der Waals surface area contributed by atoms with Crippen LogP contribution in [0.25, 0.3) is 0 Å². The number of nitrogens with zero attached hydrogens (tertiary/aromatic N) is 2. The molecule has 2 aliphatic carbocycles. The van der Waals surface area contributed by atoms with E-state index in [4.69, 9.17) is 0 Å². The highest BCUT2D eigenvalue weighted by atomic mass is 16.2. The molecule has 5 nitrogen and oxygen atoms in total. The van der Waals surface area contributed by atoms with Gasteiger partial charge in [0.25, 0.3) is 0 Å². The van der Waals surface area contributed by atoms with Crippen molar-refractivity contribution in [1.29, 1.82) is 0 Å². The van der Waals surface area contributed by atoms with Crippen LogP contribution >= 0.6 is 0 Å². The molecule has 2 aliphatic heterocycles. The molecular formula is C15H20N2O3. The van der Waals surface area contributed by atoms with E-state index in [1.165, 1.54) is 4.90 Å². The first kappa shape index (κ1) is 12.4. The van der Waals surface area contributed by atoms with Crippen LogP contribution in [0.3, 0.4) is 0 Å². The van der Waals surface area contributed by atoms with Crippen molar-refractivity contribution in [1.82, 2.24) is 9.80 Å². The average Bonchev–Trinajstić information content (AvgIpc) is 3.18. The van der Waals surface area contributed by atoms with Crippen LogP contribution < -0.4 is 0 Å². The summed E-state index contributed by atoms with van der Waals surface area (Å²) in [6.45, 7) is 1.52. The molecule has 4 atom stereocenters.